The molecule has 1 fully saturated rings. The van der Waals surface area contributed by atoms with Crippen molar-refractivity contribution in [2.75, 3.05) is 26.3 Å². The van der Waals surface area contributed by atoms with Gasteiger partial charge in [0.15, 0.2) is 5.76 Å². The van der Waals surface area contributed by atoms with Crippen LogP contribution in [0.2, 0.25) is 0 Å². The highest BCUT2D eigenvalue weighted by molar-refractivity contribution is 7.98. The van der Waals surface area contributed by atoms with E-state index in [4.69, 9.17) is 19.1 Å². The van der Waals surface area contributed by atoms with Crippen molar-refractivity contribution in [3.05, 3.63) is 72.3 Å². The molecule has 0 atom stereocenters. The molecule has 5 rings (SSSR count). The number of hydrogen-bond donors (Lipinski definition) is 0. The number of rotatable bonds is 6. The lowest BCUT2D eigenvalue weighted by Gasteiger charge is -2.25. The minimum Gasteiger partial charge on any atom is -0.440 e. The van der Waals surface area contributed by atoms with Gasteiger partial charge in [0.05, 0.1) is 37.2 Å². The van der Waals surface area contributed by atoms with E-state index in [1.54, 1.807) is 30.1 Å². The average molecular weight is 437 g/mol. The fourth-order valence-electron chi connectivity index (χ4n) is 3.49. The van der Waals surface area contributed by atoms with Gasteiger partial charge in [-0.2, -0.15) is 0 Å². The first kappa shape index (κ1) is 20.1. The van der Waals surface area contributed by atoms with Crippen LogP contribution < -0.4 is 0 Å². The molecule has 2 aromatic carbocycles. The van der Waals surface area contributed by atoms with E-state index in [1.807, 2.05) is 24.3 Å². The van der Waals surface area contributed by atoms with Crippen molar-refractivity contribution in [3.8, 4) is 11.3 Å². The zero-order valence-electron chi connectivity index (χ0n) is 16.8. The van der Waals surface area contributed by atoms with E-state index in [0.717, 1.165) is 53.6 Å². The van der Waals surface area contributed by atoms with Gasteiger partial charge in [-0.25, -0.2) is 19.3 Å². The molecule has 1 aliphatic rings. The van der Waals surface area contributed by atoms with Crippen LogP contribution in [0.25, 0.3) is 22.2 Å². The van der Waals surface area contributed by atoms with Crippen molar-refractivity contribution in [2.45, 2.75) is 17.3 Å². The second kappa shape index (κ2) is 9.13. The van der Waals surface area contributed by atoms with Crippen LogP contribution in [0.3, 0.4) is 0 Å². The number of aromatic nitrogens is 3. The molecule has 4 aromatic rings. The Morgan fingerprint density at radius 3 is 2.65 bits per heavy atom. The normalized spacial score (nSPS) is 14.9. The van der Waals surface area contributed by atoms with Crippen molar-refractivity contribution in [2.24, 2.45) is 0 Å². The van der Waals surface area contributed by atoms with E-state index < -0.39 is 0 Å². The van der Waals surface area contributed by atoms with E-state index in [9.17, 15) is 4.39 Å². The lowest BCUT2D eigenvalue weighted by molar-refractivity contribution is 0.0330. The van der Waals surface area contributed by atoms with Gasteiger partial charge in [0.1, 0.15) is 16.7 Å². The summed E-state index contributed by atoms with van der Waals surface area (Å²) in [6.45, 7) is 3.98. The van der Waals surface area contributed by atoms with Gasteiger partial charge in [-0.1, -0.05) is 30.0 Å². The number of benzene rings is 2. The number of halogens is 1. The van der Waals surface area contributed by atoms with Crippen LogP contribution >= 0.6 is 11.8 Å². The maximum atomic E-state index is 13.2. The molecule has 8 heteroatoms. The van der Waals surface area contributed by atoms with Crippen LogP contribution in [0.1, 0.15) is 11.7 Å². The third-order valence-corrected chi connectivity index (χ3v) is 6.07. The summed E-state index contributed by atoms with van der Waals surface area (Å²) in [6, 6.07) is 14.2. The summed E-state index contributed by atoms with van der Waals surface area (Å²) in [5, 5.41) is 1.93. The molecule has 31 heavy (non-hydrogen) atoms. The molecular formula is C23H21FN4O2S. The maximum absolute atomic E-state index is 13.2. The Bertz CT molecular complexity index is 1180. The molecule has 158 valence electrons. The third-order valence-electron chi connectivity index (χ3n) is 5.10. The van der Waals surface area contributed by atoms with Crippen LogP contribution in [-0.4, -0.2) is 46.2 Å². The van der Waals surface area contributed by atoms with Crippen molar-refractivity contribution in [1.82, 2.24) is 19.9 Å². The number of morpholine rings is 1. The average Bonchev–Trinajstić information content (AvgIpc) is 3.28. The summed E-state index contributed by atoms with van der Waals surface area (Å²) in [7, 11) is 0. The molecule has 0 bridgehead atoms. The first-order chi connectivity index (χ1) is 15.2. The van der Waals surface area contributed by atoms with Gasteiger partial charge in [-0.15, -0.1) is 0 Å². The third kappa shape index (κ3) is 4.76. The highest BCUT2D eigenvalue weighted by Crippen LogP contribution is 2.29. The maximum Gasteiger partial charge on any atom is 0.205 e. The molecule has 0 aliphatic carbocycles. The van der Waals surface area contributed by atoms with Gasteiger partial charge in [-0.3, -0.25) is 4.90 Å². The van der Waals surface area contributed by atoms with Gasteiger partial charge in [-0.05, 0) is 30.3 Å². The predicted octanol–water partition coefficient (Wildman–Crippen LogP) is 4.55. The van der Waals surface area contributed by atoms with Crippen molar-refractivity contribution in [1.29, 1.82) is 0 Å². The summed E-state index contributed by atoms with van der Waals surface area (Å²) < 4.78 is 24.5. The second-order valence-corrected chi connectivity index (χ2v) is 8.23. The van der Waals surface area contributed by atoms with Gasteiger partial charge >= 0.3 is 0 Å². The molecular weight excluding hydrogens is 415 g/mol. The van der Waals surface area contributed by atoms with Gasteiger partial charge in [0, 0.05) is 24.0 Å². The van der Waals surface area contributed by atoms with Gasteiger partial charge in [0.25, 0.3) is 0 Å². The molecule has 2 aromatic heterocycles. The number of para-hydroxylation sites is 1. The largest absolute Gasteiger partial charge is 0.440 e. The van der Waals surface area contributed by atoms with Crippen LogP contribution in [0, 0.1) is 5.82 Å². The highest BCUT2D eigenvalue weighted by Gasteiger charge is 2.15. The number of fused-ring (bicyclic) bond motifs is 1. The summed E-state index contributed by atoms with van der Waals surface area (Å²) in [6.07, 6.45) is 1.67. The molecule has 0 radical (unpaired) electrons. The number of hydrogen-bond acceptors (Lipinski definition) is 7. The first-order valence-electron chi connectivity index (χ1n) is 10.1. The Hall–Kier alpha value is -2.81. The molecule has 0 amide bonds. The zero-order chi connectivity index (χ0) is 21.0. The SMILES string of the molecule is Fc1ccc(-c2cnc(CSc3nc(CN4CCOCC4)nc4ccccc34)o2)cc1. The topological polar surface area (TPSA) is 64.3 Å². The standard InChI is InChI=1S/C23H21FN4O2S/c24-17-7-5-16(6-8-17)20-13-25-22(30-20)15-31-23-18-3-1-2-4-19(18)26-21(27-23)14-28-9-11-29-12-10-28/h1-8,13H,9-12,14-15H2. The van der Waals surface area contributed by atoms with E-state index in [1.165, 1.54) is 12.1 Å². The van der Waals surface area contributed by atoms with Gasteiger partial charge < -0.3 is 9.15 Å². The summed E-state index contributed by atoms with van der Waals surface area (Å²) >= 11 is 1.58. The minimum absolute atomic E-state index is 0.275. The number of nitrogens with zero attached hydrogens (tertiary/aromatic N) is 4. The Morgan fingerprint density at radius 1 is 1.00 bits per heavy atom. The quantitative estimate of drug-likeness (QED) is 0.325. The molecule has 0 N–H and O–H groups in total. The lowest BCUT2D eigenvalue weighted by Crippen LogP contribution is -2.36. The molecule has 3 heterocycles. The van der Waals surface area contributed by atoms with Crippen LogP contribution in [0.15, 0.2) is 64.2 Å². The van der Waals surface area contributed by atoms with Crippen molar-refractivity contribution in [3.63, 3.8) is 0 Å². The predicted molar refractivity (Wildman–Crippen MR) is 117 cm³/mol. The Balaban J connectivity index is 1.35. The summed E-state index contributed by atoms with van der Waals surface area (Å²) in [4.78, 5) is 16.3. The zero-order valence-corrected chi connectivity index (χ0v) is 17.6. The Morgan fingerprint density at radius 2 is 1.81 bits per heavy atom. The Labute approximate surface area is 183 Å². The van der Waals surface area contributed by atoms with E-state index in [0.29, 0.717) is 23.9 Å². The van der Waals surface area contributed by atoms with Crippen molar-refractivity contribution >= 4 is 22.7 Å². The second-order valence-electron chi connectivity index (χ2n) is 7.26. The smallest absolute Gasteiger partial charge is 0.205 e. The molecule has 6 nitrogen and oxygen atoms in total. The molecule has 1 saturated heterocycles. The van der Waals surface area contributed by atoms with Crippen LogP contribution in [0.4, 0.5) is 4.39 Å². The van der Waals surface area contributed by atoms with Crippen LogP contribution in [-0.2, 0) is 17.0 Å². The van der Waals surface area contributed by atoms with Gasteiger partial charge in [0.2, 0.25) is 5.89 Å². The van der Waals surface area contributed by atoms with Crippen molar-refractivity contribution < 1.29 is 13.5 Å². The highest BCUT2D eigenvalue weighted by atomic mass is 32.2. The summed E-state index contributed by atoms with van der Waals surface area (Å²) in [5.41, 5.74) is 1.73. The molecule has 0 saturated carbocycles. The fourth-order valence-corrected chi connectivity index (χ4v) is 4.38. The molecule has 0 spiro atoms. The number of thioether (sulfide) groups is 1. The first-order valence-corrected chi connectivity index (χ1v) is 11.1. The van der Waals surface area contributed by atoms with E-state index in [-0.39, 0.29) is 5.82 Å². The van der Waals surface area contributed by atoms with E-state index >= 15 is 0 Å². The number of ether oxygens (including phenoxy) is 1. The summed E-state index contributed by atoms with van der Waals surface area (Å²) in [5.74, 6) is 2.29. The van der Waals surface area contributed by atoms with E-state index in [2.05, 4.69) is 9.88 Å². The van der Waals surface area contributed by atoms with Crippen LogP contribution in [0.5, 0.6) is 0 Å². The minimum atomic E-state index is -0.275. The Kier molecular flexibility index (Phi) is 5.93. The fraction of sp³-hybridized carbons (Fsp3) is 0.261. The lowest BCUT2D eigenvalue weighted by atomic mass is 10.2. The molecule has 0 unspecified atom stereocenters. The molecule has 1 aliphatic heterocycles. The monoisotopic (exact) mass is 436 g/mol. The number of oxazole rings is 1.